The van der Waals surface area contributed by atoms with Crippen LogP contribution >= 0.6 is 0 Å². The highest BCUT2D eigenvalue weighted by molar-refractivity contribution is 5.99. The lowest BCUT2D eigenvalue weighted by atomic mass is 10.1. The molecule has 1 rings (SSSR count). The van der Waals surface area contributed by atoms with E-state index in [-0.39, 0.29) is 5.91 Å². The molecule has 106 valence electrons. The average Bonchev–Trinajstić information content (AvgIpc) is 2.42. The number of likely N-dealkylation sites (N-methyl/N-ethyl adjacent to an activating group) is 1. The number of carbonyl (C=O) groups excluding carboxylic acids is 1. The van der Waals surface area contributed by atoms with Gasteiger partial charge in [0.1, 0.15) is 0 Å². The number of nitrogens with zero attached hydrogens (tertiary/aromatic N) is 2. The van der Waals surface area contributed by atoms with Gasteiger partial charge in [-0.2, -0.15) is 0 Å². The number of hydrazine groups is 1. The zero-order chi connectivity index (χ0) is 14.3. The van der Waals surface area contributed by atoms with Gasteiger partial charge in [0.25, 0.3) is 5.91 Å². The first-order valence-electron chi connectivity index (χ1n) is 6.59. The first kappa shape index (κ1) is 15.5. The molecule has 0 aliphatic carbocycles. The molecule has 0 bridgehead atoms. The van der Waals surface area contributed by atoms with Crippen molar-refractivity contribution in [1.29, 1.82) is 0 Å². The molecule has 0 atom stereocenters. The van der Waals surface area contributed by atoms with E-state index in [9.17, 15) is 4.79 Å². The van der Waals surface area contributed by atoms with E-state index in [4.69, 9.17) is 5.84 Å². The standard InChI is InChI=1S/C14H24N4O/c1-4-9-18(11-10-17(2)3)14(19)12-7-5-6-8-13(12)16-15/h5-8,16H,4,9-11,15H2,1-3H3. The van der Waals surface area contributed by atoms with Crippen LogP contribution in [0.25, 0.3) is 0 Å². The fourth-order valence-electron chi connectivity index (χ4n) is 1.87. The van der Waals surface area contributed by atoms with E-state index in [1.165, 1.54) is 0 Å². The minimum absolute atomic E-state index is 0.0252. The monoisotopic (exact) mass is 264 g/mol. The van der Waals surface area contributed by atoms with Crippen LogP contribution < -0.4 is 11.3 Å². The Hall–Kier alpha value is -1.59. The molecular formula is C14H24N4O. The smallest absolute Gasteiger partial charge is 0.256 e. The number of nitrogens with one attached hydrogen (secondary N) is 1. The molecule has 0 unspecified atom stereocenters. The van der Waals surface area contributed by atoms with Gasteiger partial charge in [-0.3, -0.25) is 10.6 Å². The van der Waals surface area contributed by atoms with Gasteiger partial charge in [0.2, 0.25) is 0 Å². The van der Waals surface area contributed by atoms with E-state index in [2.05, 4.69) is 17.2 Å². The maximum Gasteiger partial charge on any atom is 0.256 e. The van der Waals surface area contributed by atoms with E-state index in [1.54, 1.807) is 6.07 Å². The van der Waals surface area contributed by atoms with Crippen molar-refractivity contribution in [2.45, 2.75) is 13.3 Å². The minimum atomic E-state index is 0.0252. The summed E-state index contributed by atoms with van der Waals surface area (Å²) in [5.41, 5.74) is 3.87. The molecule has 5 nitrogen and oxygen atoms in total. The Kier molecular flexibility index (Phi) is 6.32. The highest BCUT2D eigenvalue weighted by Crippen LogP contribution is 2.16. The molecule has 0 aromatic heterocycles. The summed E-state index contributed by atoms with van der Waals surface area (Å²) in [5, 5.41) is 0. The fraction of sp³-hybridized carbons (Fsp3) is 0.500. The van der Waals surface area contributed by atoms with Crippen LogP contribution in [0.1, 0.15) is 23.7 Å². The largest absolute Gasteiger partial charge is 0.337 e. The van der Waals surface area contributed by atoms with Gasteiger partial charge in [0, 0.05) is 19.6 Å². The van der Waals surface area contributed by atoms with E-state index in [1.807, 2.05) is 37.2 Å². The van der Waals surface area contributed by atoms with E-state index >= 15 is 0 Å². The quantitative estimate of drug-likeness (QED) is 0.577. The molecule has 0 saturated heterocycles. The summed E-state index contributed by atoms with van der Waals surface area (Å²) in [6.07, 6.45) is 0.942. The average molecular weight is 264 g/mol. The number of nitrogen functional groups attached to an aromatic ring is 1. The number of anilines is 1. The lowest BCUT2D eigenvalue weighted by Crippen LogP contribution is -2.37. The number of rotatable bonds is 7. The summed E-state index contributed by atoms with van der Waals surface area (Å²) >= 11 is 0. The summed E-state index contributed by atoms with van der Waals surface area (Å²) < 4.78 is 0. The van der Waals surface area contributed by atoms with Gasteiger partial charge in [-0.05, 0) is 32.6 Å². The van der Waals surface area contributed by atoms with Crippen molar-refractivity contribution in [1.82, 2.24) is 9.80 Å². The van der Waals surface area contributed by atoms with Crippen LogP contribution in [-0.2, 0) is 0 Å². The molecule has 0 aliphatic heterocycles. The van der Waals surface area contributed by atoms with Crippen molar-refractivity contribution >= 4 is 11.6 Å². The highest BCUT2D eigenvalue weighted by atomic mass is 16.2. The SMILES string of the molecule is CCCN(CCN(C)C)C(=O)c1ccccc1NN. The molecular weight excluding hydrogens is 240 g/mol. The first-order valence-corrected chi connectivity index (χ1v) is 6.59. The van der Waals surface area contributed by atoms with Crippen LogP contribution in [0.3, 0.4) is 0 Å². The predicted octanol–water partition coefficient (Wildman–Crippen LogP) is 1.39. The van der Waals surface area contributed by atoms with Crippen LogP contribution in [0.15, 0.2) is 24.3 Å². The molecule has 1 amide bonds. The number of amides is 1. The lowest BCUT2D eigenvalue weighted by molar-refractivity contribution is 0.0746. The molecule has 19 heavy (non-hydrogen) atoms. The molecule has 5 heteroatoms. The molecule has 0 fully saturated rings. The number of hydrogen-bond acceptors (Lipinski definition) is 4. The molecule has 0 spiro atoms. The zero-order valence-corrected chi connectivity index (χ0v) is 12.0. The van der Waals surface area contributed by atoms with Gasteiger partial charge in [-0.1, -0.05) is 19.1 Å². The number of para-hydroxylation sites is 1. The van der Waals surface area contributed by atoms with E-state index in [0.29, 0.717) is 11.3 Å². The van der Waals surface area contributed by atoms with Crippen LogP contribution in [0.5, 0.6) is 0 Å². The van der Waals surface area contributed by atoms with Crippen LogP contribution in [-0.4, -0.2) is 49.4 Å². The predicted molar refractivity (Wildman–Crippen MR) is 79.0 cm³/mol. The third-order valence-electron chi connectivity index (χ3n) is 2.91. The minimum Gasteiger partial charge on any atom is -0.337 e. The van der Waals surface area contributed by atoms with Gasteiger partial charge in [-0.15, -0.1) is 0 Å². The Bertz CT molecular complexity index is 406. The third-order valence-corrected chi connectivity index (χ3v) is 2.91. The Morgan fingerprint density at radius 2 is 1.89 bits per heavy atom. The van der Waals surface area contributed by atoms with Crippen molar-refractivity contribution in [3.05, 3.63) is 29.8 Å². The van der Waals surface area contributed by atoms with Crippen molar-refractivity contribution in [2.75, 3.05) is 39.2 Å². The second-order valence-corrected chi connectivity index (χ2v) is 4.79. The first-order chi connectivity index (χ1) is 9.10. The van der Waals surface area contributed by atoms with E-state index < -0.39 is 0 Å². The van der Waals surface area contributed by atoms with Crippen LogP contribution in [0.4, 0.5) is 5.69 Å². The normalized spacial score (nSPS) is 10.6. The van der Waals surface area contributed by atoms with Crippen molar-refractivity contribution in [3.8, 4) is 0 Å². The topological polar surface area (TPSA) is 61.6 Å². The lowest BCUT2D eigenvalue weighted by Gasteiger charge is -2.24. The second kappa shape index (κ2) is 7.76. The summed E-state index contributed by atoms with van der Waals surface area (Å²) in [5.74, 6) is 5.48. The van der Waals surface area contributed by atoms with Crippen molar-refractivity contribution in [2.24, 2.45) is 5.84 Å². The Morgan fingerprint density at radius 1 is 1.21 bits per heavy atom. The van der Waals surface area contributed by atoms with Crippen molar-refractivity contribution in [3.63, 3.8) is 0 Å². The summed E-state index contributed by atoms with van der Waals surface area (Å²) in [7, 11) is 4.01. The van der Waals surface area contributed by atoms with Gasteiger partial charge in [0.05, 0.1) is 11.3 Å². The Labute approximate surface area is 115 Å². The van der Waals surface area contributed by atoms with Crippen LogP contribution in [0, 0.1) is 0 Å². The third kappa shape index (κ3) is 4.54. The summed E-state index contributed by atoms with van der Waals surface area (Å²) in [4.78, 5) is 16.5. The molecule has 0 radical (unpaired) electrons. The van der Waals surface area contributed by atoms with Gasteiger partial charge in [-0.25, -0.2) is 0 Å². The fourth-order valence-corrected chi connectivity index (χ4v) is 1.87. The summed E-state index contributed by atoms with van der Waals surface area (Å²) in [6.45, 7) is 4.40. The molecule has 0 saturated carbocycles. The number of benzene rings is 1. The zero-order valence-electron chi connectivity index (χ0n) is 12.0. The molecule has 3 N–H and O–H groups in total. The highest BCUT2D eigenvalue weighted by Gasteiger charge is 2.17. The molecule has 1 aromatic carbocycles. The molecule has 1 aromatic rings. The number of carbonyl (C=O) groups is 1. The maximum atomic E-state index is 12.5. The summed E-state index contributed by atoms with van der Waals surface area (Å²) in [6, 6.07) is 7.32. The maximum absolute atomic E-state index is 12.5. The van der Waals surface area contributed by atoms with Crippen molar-refractivity contribution < 1.29 is 4.79 Å². The van der Waals surface area contributed by atoms with Gasteiger partial charge in [0.15, 0.2) is 0 Å². The van der Waals surface area contributed by atoms with Gasteiger partial charge < -0.3 is 15.2 Å². The number of nitrogens with two attached hydrogens (primary N) is 1. The molecule has 0 aliphatic rings. The van der Waals surface area contributed by atoms with Crippen LogP contribution in [0.2, 0.25) is 0 Å². The van der Waals surface area contributed by atoms with Gasteiger partial charge >= 0.3 is 0 Å². The Balaban J connectivity index is 2.85. The molecule has 0 heterocycles. The second-order valence-electron chi connectivity index (χ2n) is 4.79. The Morgan fingerprint density at radius 3 is 2.47 bits per heavy atom. The van der Waals surface area contributed by atoms with E-state index in [0.717, 1.165) is 26.1 Å². The number of hydrogen-bond donors (Lipinski definition) is 2.